The van der Waals surface area contributed by atoms with E-state index in [1.165, 1.54) is 0 Å². The van der Waals surface area contributed by atoms with Crippen molar-refractivity contribution in [2.24, 2.45) is 0 Å². The van der Waals surface area contributed by atoms with E-state index in [1.54, 1.807) is 24.9 Å². The fourth-order valence-corrected chi connectivity index (χ4v) is 4.58. The minimum Gasteiger partial charge on any atom is -0.356 e. The van der Waals surface area contributed by atoms with Crippen LogP contribution in [0.3, 0.4) is 0 Å². The van der Waals surface area contributed by atoms with Crippen molar-refractivity contribution >= 4 is 21.6 Å². The molecule has 2 rings (SSSR count). The highest BCUT2D eigenvalue weighted by Gasteiger charge is 2.31. The van der Waals surface area contributed by atoms with Crippen LogP contribution in [0.1, 0.15) is 42.5 Å². The van der Waals surface area contributed by atoms with Crippen LogP contribution >= 0.6 is 0 Å². The Hall–Kier alpha value is -1.70. The quantitative estimate of drug-likeness (QED) is 0.765. The first kappa shape index (κ1) is 18.6. The van der Waals surface area contributed by atoms with Crippen LogP contribution in [0.25, 0.3) is 0 Å². The molecule has 2 heterocycles. The topological polar surface area (TPSA) is 83.5 Å². The van der Waals surface area contributed by atoms with Gasteiger partial charge in [0, 0.05) is 32.7 Å². The van der Waals surface area contributed by atoms with Crippen molar-refractivity contribution in [2.45, 2.75) is 39.2 Å². The van der Waals surface area contributed by atoms with E-state index in [0.717, 1.165) is 12.8 Å². The van der Waals surface area contributed by atoms with Crippen LogP contribution in [0.5, 0.6) is 0 Å². The molecule has 7 nitrogen and oxygen atoms in total. The molecule has 0 aromatic carbocycles. The zero-order chi connectivity index (χ0) is 17.9. The predicted molar refractivity (Wildman–Crippen MR) is 94.1 cm³/mol. The summed E-state index contributed by atoms with van der Waals surface area (Å²) >= 11 is 0. The van der Waals surface area contributed by atoms with Crippen LogP contribution in [0, 0.1) is 6.92 Å². The number of hydrogen-bond donors (Lipinski definition) is 0. The van der Waals surface area contributed by atoms with Gasteiger partial charge >= 0.3 is 0 Å². The molecular formula is C16H26N4O3S. The Morgan fingerprint density at radius 3 is 2.62 bits per heavy atom. The van der Waals surface area contributed by atoms with Gasteiger partial charge in [0.05, 0.1) is 11.5 Å². The summed E-state index contributed by atoms with van der Waals surface area (Å²) in [5.41, 5.74) is 0.351. The predicted octanol–water partition coefficient (Wildman–Crippen LogP) is 1.28. The van der Waals surface area contributed by atoms with E-state index in [4.69, 9.17) is 0 Å². The summed E-state index contributed by atoms with van der Waals surface area (Å²) in [4.78, 5) is 24.7. The van der Waals surface area contributed by atoms with Gasteiger partial charge in [0.25, 0.3) is 5.91 Å². The zero-order valence-corrected chi connectivity index (χ0v) is 15.6. The number of carbonyl (C=O) groups is 1. The molecule has 1 aliphatic heterocycles. The van der Waals surface area contributed by atoms with Crippen LogP contribution in [0.2, 0.25) is 0 Å². The maximum atomic E-state index is 12.5. The van der Waals surface area contributed by atoms with E-state index in [0.29, 0.717) is 30.3 Å². The number of rotatable bonds is 6. The normalized spacial score (nSPS) is 19.2. The molecule has 1 aliphatic rings. The number of amides is 1. The Bertz CT molecular complexity index is 705. The van der Waals surface area contributed by atoms with Crippen LogP contribution in [-0.2, 0) is 9.84 Å². The number of unbranched alkanes of at least 4 members (excludes halogenated alkanes) is 1. The lowest BCUT2D eigenvalue weighted by atomic mass is 10.2. The van der Waals surface area contributed by atoms with E-state index in [9.17, 15) is 13.2 Å². The average Bonchev–Trinajstić information content (AvgIpc) is 2.90. The molecule has 1 amide bonds. The number of carbonyl (C=O) groups excluding carboxylic acids is 1. The molecule has 24 heavy (non-hydrogen) atoms. The van der Waals surface area contributed by atoms with Crippen molar-refractivity contribution in [1.82, 2.24) is 14.9 Å². The van der Waals surface area contributed by atoms with Gasteiger partial charge < -0.3 is 9.80 Å². The number of hydrogen-bond acceptors (Lipinski definition) is 6. The molecule has 0 aliphatic carbocycles. The van der Waals surface area contributed by atoms with Crippen LogP contribution in [0.4, 0.5) is 5.82 Å². The molecule has 1 saturated heterocycles. The molecule has 0 N–H and O–H groups in total. The first-order valence-electron chi connectivity index (χ1n) is 8.28. The maximum absolute atomic E-state index is 12.5. The molecular weight excluding hydrogens is 328 g/mol. The summed E-state index contributed by atoms with van der Waals surface area (Å²) in [6.45, 7) is 4.51. The maximum Gasteiger partial charge on any atom is 0.272 e. The molecule has 1 fully saturated rings. The van der Waals surface area contributed by atoms with E-state index < -0.39 is 9.84 Å². The van der Waals surface area contributed by atoms with Gasteiger partial charge in [-0.3, -0.25) is 4.79 Å². The third kappa shape index (κ3) is 4.43. The second-order valence-electron chi connectivity index (χ2n) is 6.41. The second-order valence-corrected chi connectivity index (χ2v) is 8.64. The fraction of sp³-hybridized carbons (Fsp3) is 0.688. The lowest BCUT2D eigenvalue weighted by molar-refractivity contribution is 0.0787. The van der Waals surface area contributed by atoms with Gasteiger partial charge in [-0.25, -0.2) is 18.4 Å². The third-order valence-corrected chi connectivity index (χ3v) is 6.11. The molecule has 1 aromatic heterocycles. The summed E-state index contributed by atoms with van der Waals surface area (Å²) in [5.74, 6) is 1.30. The summed E-state index contributed by atoms with van der Waals surface area (Å²) in [5, 5.41) is 0. The van der Waals surface area contributed by atoms with Crippen molar-refractivity contribution in [3.05, 3.63) is 17.6 Å². The van der Waals surface area contributed by atoms with Gasteiger partial charge in [-0.05, 0) is 19.8 Å². The molecule has 0 bridgehead atoms. The highest BCUT2D eigenvalue weighted by Crippen LogP contribution is 2.22. The van der Waals surface area contributed by atoms with E-state index in [1.807, 2.05) is 11.9 Å². The number of aromatic nitrogens is 2. The average molecular weight is 354 g/mol. The van der Waals surface area contributed by atoms with Gasteiger partial charge in [0.2, 0.25) is 0 Å². The standard InChI is InChI=1S/C16H26N4O3S/c1-5-6-8-19(3)16(21)14-10-15(18-12(2)17-14)20(4)13-7-9-24(22,23)11-13/h10,13H,5-9,11H2,1-4H3. The van der Waals surface area contributed by atoms with Crippen molar-refractivity contribution < 1.29 is 13.2 Å². The van der Waals surface area contributed by atoms with Gasteiger partial charge in [-0.15, -0.1) is 0 Å². The third-order valence-electron chi connectivity index (χ3n) is 4.35. The van der Waals surface area contributed by atoms with Gasteiger partial charge in [0.15, 0.2) is 9.84 Å². The molecule has 8 heteroatoms. The second kappa shape index (κ2) is 7.46. The Kier molecular flexibility index (Phi) is 5.79. The first-order chi connectivity index (χ1) is 11.2. The molecule has 134 valence electrons. The van der Waals surface area contributed by atoms with Gasteiger partial charge in [-0.2, -0.15) is 0 Å². The number of aryl methyl sites for hydroxylation is 1. The van der Waals surface area contributed by atoms with Crippen molar-refractivity contribution in [2.75, 3.05) is 37.0 Å². The monoisotopic (exact) mass is 354 g/mol. The Labute approximate surface area is 144 Å². The fourth-order valence-electron chi connectivity index (χ4n) is 2.80. The van der Waals surface area contributed by atoms with Gasteiger partial charge in [-0.1, -0.05) is 13.3 Å². The lowest BCUT2D eigenvalue weighted by Crippen LogP contribution is -2.34. The number of nitrogens with zero attached hydrogens (tertiary/aromatic N) is 4. The summed E-state index contributed by atoms with van der Waals surface area (Å²) in [6, 6.07) is 1.55. The van der Waals surface area contributed by atoms with Crippen LogP contribution in [-0.4, -0.2) is 67.4 Å². The first-order valence-corrected chi connectivity index (χ1v) is 10.1. The molecule has 1 unspecified atom stereocenters. The SMILES string of the molecule is CCCCN(C)C(=O)c1cc(N(C)C2CCS(=O)(=O)C2)nc(C)n1. The van der Waals surface area contributed by atoms with Crippen molar-refractivity contribution in [3.8, 4) is 0 Å². The number of sulfone groups is 1. The summed E-state index contributed by atoms with van der Waals surface area (Å²) in [7, 11) is 0.619. The van der Waals surface area contributed by atoms with Gasteiger partial charge in [0.1, 0.15) is 17.3 Å². The van der Waals surface area contributed by atoms with Crippen LogP contribution in [0.15, 0.2) is 6.07 Å². The molecule has 0 saturated carbocycles. The van der Waals surface area contributed by atoms with E-state index in [2.05, 4.69) is 16.9 Å². The molecule has 0 radical (unpaired) electrons. The summed E-state index contributed by atoms with van der Waals surface area (Å²) < 4.78 is 23.4. The largest absolute Gasteiger partial charge is 0.356 e. The Balaban J connectivity index is 2.20. The Morgan fingerprint density at radius 2 is 2.04 bits per heavy atom. The number of anilines is 1. The smallest absolute Gasteiger partial charge is 0.272 e. The zero-order valence-electron chi connectivity index (χ0n) is 14.8. The molecule has 1 atom stereocenters. The summed E-state index contributed by atoms with van der Waals surface area (Å²) in [6.07, 6.45) is 2.55. The lowest BCUT2D eigenvalue weighted by Gasteiger charge is -2.25. The highest BCUT2D eigenvalue weighted by atomic mass is 32.2. The van der Waals surface area contributed by atoms with E-state index >= 15 is 0 Å². The molecule has 0 spiro atoms. The Morgan fingerprint density at radius 1 is 1.33 bits per heavy atom. The van der Waals surface area contributed by atoms with E-state index in [-0.39, 0.29) is 23.5 Å². The van der Waals surface area contributed by atoms with Crippen molar-refractivity contribution in [3.63, 3.8) is 0 Å². The minimum absolute atomic E-state index is 0.106. The van der Waals surface area contributed by atoms with Crippen LogP contribution < -0.4 is 4.90 Å². The van der Waals surface area contributed by atoms with Crippen molar-refractivity contribution in [1.29, 1.82) is 0 Å². The minimum atomic E-state index is -2.97. The highest BCUT2D eigenvalue weighted by molar-refractivity contribution is 7.91. The molecule has 1 aromatic rings.